The predicted molar refractivity (Wildman–Crippen MR) is 119 cm³/mol. The first-order valence-corrected chi connectivity index (χ1v) is 10.8. The Kier molecular flexibility index (Phi) is 7.34. The number of benzene rings is 1. The van der Waals surface area contributed by atoms with Gasteiger partial charge >= 0.3 is 0 Å². The molecule has 0 unspecified atom stereocenters. The number of rotatable bonds is 5. The van der Waals surface area contributed by atoms with Gasteiger partial charge in [0.2, 0.25) is 0 Å². The highest BCUT2D eigenvalue weighted by molar-refractivity contribution is 7.80. The highest BCUT2D eigenvalue weighted by Gasteiger charge is 2.19. The van der Waals surface area contributed by atoms with E-state index in [0.29, 0.717) is 21.6 Å². The number of aryl methyl sites for hydroxylation is 1. The largest absolute Gasteiger partial charge is 0.495 e. The normalized spacial score (nSPS) is 15.2. The van der Waals surface area contributed by atoms with Crippen LogP contribution in [0.25, 0.3) is 0 Å². The predicted octanol–water partition coefficient (Wildman–Crippen LogP) is 4.03. The van der Waals surface area contributed by atoms with Crippen LogP contribution in [0.1, 0.15) is 17.1 Å². The van der Waals surface area contributed by atoms with E-state index in [-0.39, 0.29) is 0 Å². The van der Waals surface area contributed by atoms with Crippen molar-refractivity contribution in [2.45, 2.75) is 19.9 Å². The van der Waals surface area contributed by atoms with Crippen LogP contribution in [-0.2, 0) is 6.54 Å². The topological polar surface area (TPSA) is 49.9 Å². The second-order valence-electron chi connectivity index (χ2n) is 6.59. The molecule has 3 rings (SSSR count). The molecule has 2 aromatic rings. The molecule has 6 nitrogen and oxygen atoms in total. The number of thiocarbonyl (C=S) groups is 1. The van der Waals surface area contributed by atoms with Gasteiger partial charge in [-0.15, -0.1) is 11.3 Å². The van der Waals surface area contributed by atoms with Crippen molar-refractivity contribution in [2.75, 3.05) is 45.7 Å². The fraction of sp³-hybridized carbons (Fsp3) is 0.474. The van der Waals surface area contributed by atoms with E-state index in [4.69, 9.17) is 33.3 Å². The summed E-state index contributed by atoms with van der Waals surface area (Å²) in [7, 11) is 3.19. The molecule has 0 bridgehead atoms. The first-order chi connectivity index (χ1) is 13.5. The lowest BCUT2D eigenvalue weighted by molar-refractivity contribution is 0.275. The summed E-state index contributed by atoms with van der Waals surface area (Å²) in [6.07, 6.45) is 1.05. The van der Waals surface area contributed by atoms with Crippen molar-refractivity contribution in [1.82, 2.24) is 14.8 Å². The molecule has 152 valence electrons. The van der Waals surface area contributed by atoms with Crippen molar-refractivity contribution in [3.8, 4) is 11.5 Å². The molecular formula is C19H25ClN4O2S2. The van der Waals surface area contributed by atoms with Gasteiger partial charge in [-0.1, -0.05) is 11.6 Å². The number of halogens is 1. The van der Waals surface area contributed by atoms with Gasteiger partial charge in [-0.2, -0.15) is 0 Å². The van der Waals surface area contributed by atoms with Gasteiger partial charge in [0.1, 0.15) is 11.5 Å². The number of hydrogen-bond donors (Lipinski definition) is 1. The number of thiazole rings is 1. The summed E-state index contributed by atoms with van der Waals surface area (Å²) in [5, 5.41) is 7.73. The van der Waals surface area contributed by atoms with Crippen LogP contribution in [0, 0.1) is 6.92 Å². The molecule has 28 heavy (non-hydrogen) atoms. The number of hydrogen-bond acceptors (Lipinski definition) is 6. The summed E-state index contributed by atoms with van der Waals surface area (Å²) in [4.78, 5) is 9.21. The molecule has 1 saturated heterocycles. The number of aromatic nitrogens is 1. The van der Waals surface area contributed by atoms with Crippen LogP contribution in [0.5, 0.6) is 11.5 Å². The summed E-state index contributed by atoms with van der Waals surface area (Å²) in [6, 6.07) is 3.54. The minimum Gasteiger partial charge on any atom is -0.495 e. The van der Waals surface area contributed by atoms with Gasteiger partial charge in [-0.25, -0.2) is 4.98 Å². The second kappa shape index (κ2) is 9.73. The lowest BCUT2D eigenvalue weighted by atomic mass is 10.2. The highest BCUT2D eigenvalue weighted by atomic mass is 35.5. The first-order valence-electron chi connectivity index (χ1n) is 9.11. The van der Waals surface area contributed by atoms with Crippen molar-refractivity contribution in [3.63, 3.8) is 0 Å². The minimum absolute atomic E-state index is 0.499. The minimum atomic E-state index is 0.499. The third kappa shape index (κ3) is 5.26. The average Bonchev–Trinajstić information content (AvgIpc) is 2.94. The fourth-order valence-electron chi connectivity index (χ4n) is 3.19. The van der Waals surface area contributed by atoms with E-state index in [9.17, 15) is 0 Å². The molecule has 0 amide bonds. The Labute approximate surface area is 180 Å². The van der Waals surface area contributed by atoms with Crippen LogP contribution in [-0.4, -0.2) is 60.3 Å². The lowest BCUT2D eigenvalue weighted by Crippen LogP contribution is -2.37. The SMILES string of the molecule is COc1cc(NC(=S)N2CCCN(Cc3csc(C)n3)CC2)c(OC)cc1Cl. The molecule has 1 aliphatic rings. The molecule has 2 heterocycles. The Morgan fingerprint density at radius 1 is 1.21 bits per heavy atom. The maximum absolute atomic E-state index is 6.19. The third-order valence-electron chi connectivity index (χ3n) is 4.64. The summed E-state index contributed by atoms with van der Waals surface area (Å²) >= 11 is 13.6. The zero-order valence-corrected chi connectivity index (χ0v) is 18.7. The molecule has 0 saturated carbocycles. The van der Waals surface area contributed by atoms with Crippen molar-refractivity contribution < 1.29 is 9.47 Å². The van der Waals surface area contributed by atoms with E-state index < -0.39 is 0 Å². The quantitative estimate of drug-likeness (QED) is 0.704. The Morgan fingerprint density at radius 2 is 2.00 bits per heavy atom. The molecule has 1 aromatic heterocycles. The summed E-state index contributed by atoms with van der Waals surface area (Å²) < 4.78 is 10.7. The van der Waals surface area contributed by atoms with Crippen LogP contribution < -0.4 is 14.8 Å². The molecule has 1 aliphatic heterocycles. The summed E-state index contributed by atoms with van der Waals surface area (Å²) in [6.45, 7) is 6.68. The molecule has 0 aliphatic carbocycles. The van der Waals surface area contributed by atoms with E-state index in [1.54, 1.807) is 31.6 Å². The molecule has 0 spiro atoms. The number of nitrogens with one attached hydrogen (secondary N) is 1. The average molecular weight is 441 g/mol. The van der Waals surface area contributed by atoms with Crippen molar-refractivity contribution in [3.05, 3.63) is 33.2 Å². The van der Waals surface area contributed by atoms with Crippen molar-refractivity contribution in [1.29, 1.82) is 0 Å². The number of nitrogens with zero attached hydrogens (tertiary/aromatic N) is 3. The van der Waals surface area contributed by atoms with Crippen LogP contribution in [0.3, 0.4) is 0 Å². The number of ether oxygens (including phenoxy) is 2. The van der Waals surface area contributed by atoms with Crippen LogP contribution in [0.2, 0.25) is 5.02 Å². The number of methoxy groups -OCH3 is 2. The van der Waals surface area contributed by atoms with E-state index in [2.05, 4.69) is 25.5 Å². The van der Waals surface area contributed by atoms with E-state index >= 15 is 0 Å². The summed E-state index contributed by atoms with van der Waals surface area (Å²) in [5.41, 5.74) is 1.89. The maximum Gasteiger partial charge on any atom is 0.173 e. The van der Waals surface area contributed by atoms with Gasteiger partial charge in [0, 0.05) is 50.2 Å². The smallest absolute Gasteiger partial charge is 0.173 e. The number of anilines is 1. The standard InChI is InChI=1S/C19H25ClN4O2S2/c1-13-21-14(12-28-13)11-23-5-4-6-24(8-7-23)19(27)22-16-10-17(25-2)15(20)9-18(16)26-3/h9-10,12H,4-8,11H2,1-3H3,(H,22,27). The van der Waals surface area contributed by atoms with Crippen molar-refractivity contribution >= 4 is 46.0 Å². The van der Waals surface area contributed by atoms with Crippen LogP contribution >= 0.6 is 35.2 Å². The highest BCUT2D eigenvalue weighted by Crippen LogP contribution is 2.36. The van der Waals surface area contributed by atoms with Gasteiger partial charge in [0.05, 0.1) is 35.6 Å². The Hall–Kier alpha value is -1.61. The zero-order valence-electron chi connectivity index (χ0n) is 16.3. The van der Waals surface area contributed by atoms with Gasteiger partial charge in [0.15, 0.2) is 5.11 Å². The van der Waals surface area contributed by atoms with E-state index in [1.165, 1.54) is 0 Å². The fourth-order valence-corrected chi connectivity index (χ4v) is 4.32. The van der Waals surface area contributed by atoms with Crippen molar-refractivity contribution in [2.24, 2.45) is 0 Å². The molecule has 1 fully saturated rings. The molecule has 0 atom stereocenters. The molecule has 9 heteroatoms. The van der Waals surface area contributed by atoms with Gasteiger partial charge in [-0.05, 0) is 25.6 Å². The van der Waals surface area contributed by atoms with Crippen LogP contribution in [0.15, 0.2) is 17.5 Å². The Morgan fingerprint density at radius 3 is 2.68 bits per heavy atom. The third-order valence-corrected chi connectivity index (χ3v) is 6.12. The second-order valence-corrected chi connectivity index (χ2v) is 8.45. The zero-order chi connectivity index (χ0) is 20.1. The van der Waals surface area contributed by atoms with Gasteiger partial charge in [-0.3, -0.25) is 4.90 Å². The van der Waals surface area contributed by atoms with E-state index in [0.717, 1.165) is 55.5 Å². The maximum atomic E-state index is 6.19. The first kappa shape index (κ1) is 21.1. The molecular weight excluding hydrogens is 416 g/mol. The Balaban J connectivity index is 1.62. The van der Waals surface area contributed by atoms with Crippen LogP contribution in [0.4, 0.5) is 5.69 Å². The lowest BCUT2D eigenvalue weighted by Gasteiger charge is -2.25. The molecule has 1 N–H and O–H groups in total. The molecule has 1 aromatic carbocycles. The van der Waals surface area contributed by atoms with Gasteiger partial charge < -0.3 is 19.7 Å². The monoisotopic (exact) mass is 440 g/mol. The van der Waals surface area contributed by atoms with E-state index in [1.807, 2.05) is 13.0 Å². The summed E-state index contributed by atoms with van der Waals surface area (Å²) in [5.74, 6) is 1.21. The molecule has 0 radical (unpaired) electrons. The Bertz CT molecular complexity index is 830. The van der Waals surface area contributed by atoms with Gasteiger partial charge in [0.25, 0.3) is 0 Å².